The Balaban J connectivity index is 2.40. The maximum atomic E-state index is 5.58. The van der Waals surface area contributed by atoms with E-state index in [9.17, 15) is 0 Å². The summed E-state index contributed by atoms with van der Waals surface area (Å²) in [5.41, 5.74) is 6.59. The molecule has 2 nitrogen and oxygen atoms in total. The lowest BCUT2D eigenvalue weighted by atomic mass is 10.2. The Morgan fingerprint density at radius 2 is 2.08 bits per heavy atom. The highest BCUT2D eigenvalue weighted by Gasteiger charge is 2.04. The largest absolute Gasteiger partial charge is 0.460 e. The second kappa shape index (κ2) is 3.46. The van der Waals surface area contributed by atoms with Gasteiger partial charge >= 0.3 is 0 Å². The van der Waals surface area contributed by atoms with E-state index < -0.39 is 0 Å². The molecule has 1 heterocycles. The fourth-order valence-electron chi connectivity index (χ4n) is 1.26. The fraction of sp³-hybridized carbons (Fsp3) is 0.0909. The molecule has 0 radical (unpaired) electrons. The van der Waals surface area contributed by atoms with Crippen LogP contribution in [0.25, 0.3) is 6.08 Å². The van der Waals surface area contributed by atoms with Crippen molar-refractivity contribution in [1.29, 1.82) is 0 Å². The third-order valence-electron chi connectivity index (χ3n) is 1.92. The van der Waals surface area contributed by atoms with Crippen LogP contribution in [0.15, 0.2) is 42.2 Å². The predicted octanol–water partition coefficient (Wildman–Crippen LogP) is 1.93. The SMILES string of the molecule is NCC1=CC=Cc2ccccc2O1. The summed E-state index contributed by atoms with van der Waals surface area (Å²) in [6.45, 7) is 0.429. The lowest BCUT2D eigenvalue weighted by molar-refractivity contribution is 0.418. The van der Waals surface area contributed by atoms with Crippen LogP contribution in [-0.2, 0) is 0 Å². The third kappa shape index (κ3) is 1.63. The predicted molar refractivity (Wildman–Crippen MR) is 53.2 cm³/mol. The van der Waals surface area contributed by atoms with Gasteiger partial charge in [0, 0.05) is 5.56 Å². The van der Waals surface area contributed by atoms with Gasteiger partial charge in [0.2, 0.25) is 0 Å². The lowest BCUT2D eigenvalue weighted by Crippen LogP contribution is -2.08. The van der Waals surface area contributed by atoms with Crippen LogP contribution in [0, 0.1) is 0 Å². The Kier molecular flexibility index (Phi) is 2.15. The summed E-state index contributed by atoms with van der Waals surface area (Å²) in [6, 6.07) is 7.89. The second-order valence-corrected chi connectivity index (χ2v) is 2.84. The van der Waals surface area contributed by atoms with Crippen molar-refractivity contribution in [1.82, 2.24) is 0 Å². The number of hydrogen-bond acceptors (Lipinski definition) is 2. The topological polar surface area (TPSA) is 35.2 Å². The molecule has 0 aromatic heterocycles. The number of rotatable bonds is 1. The van der Waals surface area contributed by atoms with Crippen molar-refractivity contribution >= 4 is 6.08 Å². The van der Waals surface area contributed by atoms with E-state index in [1.54, 1.807) is 0 Å². The van der Waals surface area contributed by atoms with E-state index in [0.29, 0.717) is 6.54 Å². The molecule has 0 amide bonds. The maximum absolute atomic E-state index is 5.58. The summed E-state index contributed by atoms with van der Waals surface area (Å²) >= 11 is 0. The Bertz CT molecular complexity index is 366. The average molecular weight is 173 g/mol. The highest BCUT2D eigenvalue weighted by molar-refractivity contribution is 5.60. The maximum Gasteiger partial charge on any atom is 0.134 e. The van der Waals surface area contributed by atoms with Crippen LogP contribution >= 0.6 is 0 Å². The highest BCUT2D eigenvalue weighted by atomic mass is 16.5. The summed E-state index contributed by atoms with van der Waals surface area (Å²) in [4.78, 5) is 0. The van der Waals surface area contributed by atoms with Crippen molar-refractivity contribution in [3.8, 4) is 5.75 Å². The van der Waals surface area contributed by atoms with Crippen molar-refractivity contribution < 1.29 is 4.74 Å². The molecule has 0 aliphatic carbocycles. The molecule has 1 aromatic rings. The van der Waals surface area contributed by atoms with Crippen molar-refractivity contribution in [3.63, 3.8) is 0 Å². The molecule has 13 heavy (non-hydrogen) atoms. The van der Waals surface area contributed by atoms with Crippen LogP contribution in [0.4, 0.5) is 0 Å². The van der Waals surface area contributed by atoms with Crippen LogP contribution in [0.1, 0.15) is 5.56 Å². The van der Waals surface area contributed by atoms with Gasteiger partial charge in [-0.3, -0.25) is 0 Å². The smallest absolute Gasteiger partial charge is 0.134 e. The standard InChI is InChI=1S/C11H11NO/c12-8-10-6-3-5-9-4-1-2-7-11(9)13-10/h1-7H,8,12H2. The van der Waals surface area contributed by atoms with Crippen molar-refractivity contribution in [2.24, 2.45) is 5.73 Å². The molecule has 0 unspecified atom stereocenters. The number of benzene rings is 1. The minimum absolute atomic E-state index is 0.429. The lowest BCUT2D eigenvalue weighted by Gasteiger charge is -2.07. The fourth-order valence-corrected chi connectivity index (χ4v) is 1.26. The Morgan fingerprint density at radius 1 is 1.23 bits per heavy atom. The van der Waals surface area contributed by atoms with E-state index in [2.05, 4.69) is 0 Å². The quantitative estimate of drug-likeness (QED) is 0.704. The Hall–Kier alpha value is -1.54. The number of hydrogen-bond donors (Lipinski definition) is 1. The van der Waals surface area contributed by atoms with Crippen LogP contribution in [0.5, 0.6) is 5.75 Å². The van der Waals surface area contributed by atoms with Crippen LogP contribution < -0.4 is 10.5 Å². The normalized spacial score (nSPS) is 14.1. The van der Waals surface area contributed by atoms with Gasteiger partial charge in [0.1, 0.15) is 11.5 Å². The van der Waals surface area contributed by atoms with Gasteiger partial charge in [0.25, 0.3) is 0 Å². The van der Waals surface area contributed by atoms with Gasteiger partial charge < -0.3 is 10.5 Å². The summed E-state index contributed by atoms with van der Waals surface area (Å²) in [5, 5.41) is 0. The van der Waals surface area contributed by atoms with E-state index >= 15 is 0 Å². The third-order valence-corrected chi connectivity index (χ3v) is 1.92. The summed E-state index contributed by atoms with van der Waals surface area (Å²) in [7, 11) is 0. The molecular weight excluding hydrogens is 162 g/mol. The molecule has 1 aromatic carbocycles. The summed E-state index contributed by atoms with van der Waals surface area (Å²) < 4.78 is 5.58. The van der Waals surface area contributed by atoms with Gasteiger partial charge in [-0.15, -0.1) is 0 Å². The molecule has 0 spiro atoms. The molecule has 66 valence electrons. The first-order chi connectivity index (χ1) is 6.40. The number of para-hydroxylation sites is 1. The minimum atomic E-state index is 0.429. The molecule has 2 rings (SSSR count). The van der Waals surface area contributed by atoms with Gasteiger partial charge in [0.15, 0.2) is 0 Å². The number of ether oxygens (including phenoxy) is 1. The monoisotopic (exact) mass is 173 g/mol. The van der Waals surface area contributed by atoms with Gasteiger partial charge in [-0.1, -0.05) is 30.4 Å². The van der Waals surface area contributed by atoms with Crippen molar-refractivity contribution in [3.05, 3.63) is 47.7 Å². The zero-order valence-corrected chi connectivity index (χ0v) is 7.23. The van der Waals surface area contributed by atoms with Crippen LogP contribution in [0.2, 0.25) is 0 Å². The molecule has 1 aliphatic heterocycles. The first kappa shape index (κ1) is 8.08. The molecule has 2 heteroatoms. The molecule has 2 N–H and O–H groups in total. The molecule has 0 bridgehead atoms. The minimum Gasteiger partial charge on any atom is -0.460 e. The summed E-state index contributed by atoms with van der Waals surface area (Å²) in [6.07, 6.45) is 5.85. The second-order valence-electron chi connectivity index (χ2n) is 2.84. The Labute approximate surface area is 77.3 Å². The van der Waals surface area contributed by atoms with E-state index in [-0.39, 0.29) is 0 Å². The van der Waals surface area contributed by atoms with Gasteiger partial charge in [0.05, 0.1) is 6.54 Å². The van der Waals surface area contributed by atoms with Crippen LogP contribution in [0.3, 0.4) is 0 Å². The molecule has 1 aliphatic rings. The zero-order valence-electron chi connectivity index (χ0n) is 7.23. The number of allylic oxidation sites excluding steroid dienone is 2. The zero-order chi connectivity index (χ0) is 9.10. The van der Waals surface area contributed by atoms with Gasteiger partial charge in [-0.2, -0.15) is 0 Å². The summed E-state index contributed by atoms with van der Waals surface area (Å²) in [5.74, 6) is 1.66. The molecule has 0 fully saturated rings. The van der Waals surface area contributed by atoms with Gasteiger partial charge in [-0.05, 0) is 12.1 Å². The molecule has 0 atom stereocenters. The van der Waals surface area contributed by atoms with Crippen molar-refractivity contribution in [2.75, 3.05) is 6.54 Å². The molecular formula is C11H11NO. The first-order valence-electron chi connectivity index (χ1n) is 4.24. The molecule has 0 saturated carbocycles. The van der Waals surface area contributed by atoms with Crippen molar-refractivity contribution in [2.45, 2.75) is 0 Å². The van der Waals surface area contributed by atoms with Crippen LogP contribution in [-0.4, -0.2) is 6.54 Å². The number of nitrogens with two attached hydrogens (primary N) is 1. The van der Waals surface area contributed by atoms with E-state index in [1.165, 1.54) is 0 Å². The highest BCUT2D eigenvalue weighted by Crippen LogP contribution is 2.23. The number of fused-ring (bicyclic) bond motifs is 1. The first-order valence-corrected chi connectivity index (χ1v) is 4.24. The van der Waals surface area contributed by atoms with Gasteiger partial charge in [-0.25, -0.2) is 0 Å². The van der Waals surface area contributed by atoms with E-state index in [1.807, 2.05) is 42.5 Å². The van der Waals surface area contributed by atoms with E-state index in [0.717, 1.165) is 17.1 Å². The Morgan fingerprint density at radius 3 is 2.92 bits per heavy atom. The molecule has 0 saturated heterocycles. The van der Waals surface area contributed by atoms with E-state index in [4.69, 9.17) is 10.5 Å². The average Bonchev–Trinajstić information content (AvgIpc) is 2.38.